The number of piperidine rings is 1. The van der Waals surface area contributed by atoms with E-state index in [9.17, 15) is 24.0 Å². The monoisotopic (exact) mass is 1030 g/mol. The zero-order chi connectivity index (χ0) is 53.8. The highest BCUT2D eigenvalue weighted by Gasteiger charge is 2.44. The van der Waals surface area contributed by atoms with Crippen LogP contribution in [0.2, 0.25) is 0 Å². The maximum absolute atomic E-state index is 14.9. The van der Waals surface area contributed by atoms with Gasteiger partial charge in [-0.25, -0.2) is 10.2 Å². The third-order valence-corrected chi connectivity index (χ3v) is 15.5. The van der Waals surface area contributed by atoms with Gasteiger partial charge in [-0.1, -0.05) is 64.1 Å². The fourth-order valence-electron chi connectivity index (χ4n) is 11.4. The van der Waals surface area contributed by atoms with Gasteiger partial charge in [0.1, 0.15) is 18.1 Å². The zero-order valence-corrected chi connectivity index (χ0v) is 45.8. The number of nitrogens with one attached hydrogen (secondary N) is 2. The number of esters is 1. The molecule has 17 heteroatoms. The fourth-order valence-corrected chi connectivity index (χ4v) is 11.4. The molecule has 75 heavy (non-hydrogen) atoms. The van der Waals surface area contributed by atoms with E-state index in [0.717, 1.165) is 50.1 Å². The van der Waals surface area contributed by atoms with Crippen LogP contribution in [0.25, 0.3) is 33.3 Å². The molecule has 1 spiro atoms. The molecule has 0 unspecified atom stereocenters. The fraction of sp³-hybridized carbons (Fsp3) is 0.552. The molecule has 2 aromatic carbocycles. The largest absolute Gasteiger partial charge is 0.464 e. The third-order valence-electron chi connectivity index (χ3n) is 15.5. The highest BCUT2D eigenvalue weighted by atomic mass is 16.5. The number of carbonyl (C=O) groups is 5. The molecule has 8 rings (SSSR count). The Balaban J connectivity index is 1.08. The number of benzene rings is 2. The summed E-state index contributed by atoms with van der Waals surface area (Å²) >= 11 is 0. The number of amides is 5. The molecular formula is C58H79N9O8. The number of fused-ring (bicyclic) bond motifs is 6. The molecule has 4 aliphatic heterocycles. The van der Waals surface area contributed by atoms with Crippen molar-refractivity contribution < 1.29 is 38.2 Å². The number of ether oxygens (including phenoxy) is 3. The number of urea groups is 1. The highest BCUT2D eigenvalue weighted by molar-refractivity contribution is 5.96. The van der Waals surface area contributed by atoms with Crippen molar-refractivity contribution in [2.24, 2.45) is 11.3 Å². The molecule has 4 aliphatic rings. The van der Waals surface area contributed by atoms with Crippen LogP contribution in [0, 0.1) is 11.3 Å². The van der Waals surface area contributed by atoms with Gasteiger partial charge in [0, 0.05) is 94.0 Å². The molecule has 3 saturated heterocycles. The zero-order valence-electron chi connectivity index (χ0n) is 45.8. The molecule has 4 atom stereocenters. The van der Waals surface area contributed by atoms with Gasteiger partial charge in [-0.2, -0.15) is 0 Å². The second-order valence-corrected chi connectivity index (χ2v) is 22.4. The SMILES string of the molecule is CCn1c(-c2cccnc2[C@H](C)OC)c2c3cc(ccc31)-c1cccc(c1)C[C@H](NC(=O)[C@H](C(C)C)N(C)C(=O)N1CCC3(CC1)CN(C(=O)/C=C/CN(C)C)CCO3)C(=O)N1CCC[C@H](N1)C(=O)OCC(C)(C)C2. The van der Waals surface area contributed by atoms with Gasteiger partial charge in [-0.3, -0.25) is 29.2 Å². The van der Waals surface area contributed by atoms with Gasteiger partial charge in [0.05, 0.1) is 42.9 Å². The number of rotatable bonds is 11. The number of methoxy groups -OCH3 is 1. The predicted molar refractivity (Wildman–Crippen MR) is 289 cm³/mol. The van der Waals surface area contributed by atoms with Gasteiger partial charge >= 0.3 is 12.0 Å². The van der Waals surface area contributed by atoms with Crippen molar-refractivity contribution in [3.63, 3.8) is 0 Å². The summed E-state index contributed by atoms with van der Waals surface area (Å²) in [5.74, 6) is -1.67. The van der Waals surface area contributed by atoms with Gasteiger partial charge in [0.25, 0.3) is 5.91 Å². The molecule has 4 aromatic rings. The summed E-state index contributed by atoms with van der Waals surface area (Å²) in [4.78, 5) is 83.1. The van der Waals surface area contributed by atoms with Crippen molar-refractivity contribution >= 4 is 40.6 Å². The first kappa shape index (κ1) is 55.1. The Hall–Kier alpha value is -6.14. The lowest BCUT2D eigenvalue weighted by Crippen LogP contribution is -2.63. The lowest BCUT2D eigenvalue weighted by atomic mass is 9.84. The molecule has 6 bridgehead atoms. The molecule has 17 nitrogen and oxygen atoms in total. The average molecular weight is 1030 g/mol. The van der Waals surface area contributed by atoms with Crippen LogP contribution in [0.3, 0.4) is 0 Å². The number of nitrogens with zero attached hydrogens (tertiary/aromatic N) is 7. The standard InChI is InChI=1S/C58H79N9O8/c1-11-66-48-22-21-42-34-44(48)45(52(66)43-18-13-25-59-50(43)39(4)73-10)35-57(5,6)37-74-55(71)46-19-14-27-67(61-46)54(70)47(33-40-16-12-17-41(42)32-40)60-53(69)51(38(2)3)63(9)56(72)64-28-23-58(24-29-64)36-65(30-31-75-58)49(68)20-15-26-62(7)8/h12-13,15-18,20-22,25,32,34,38-39,46-47,51,61H,11,14,19,23-24,26-31,33,35-37H2,1-10H3,(H,60,69)/b20-15+/t39-,46-,47-,51-/m0/s1. The Labute approximate surface area is 442 Å². The Kier molecular flexibility index (Phi) is 17.2. The van der Waals surface area contributed by atoms with Gasteiger partial charge in [-0.15, -0.1) is 0 Å². The number of likely N-dealkylation sites (N-methyl/N-ethyl adjacent to an activating group) is 2. The van der Waals surface area contributed by atoms with Crippen LogP contribution in [-0.4, -0.2) is 168 Å². The van der Waals surface area contributed by atoms with E-state index in [4.69, 9.17) is 19.2 Å². The molecule has 3 fully saturated rings. The molecule has 2 N–H and O–H groups in total. The molecule has 2 aromatic heterocycles. The normalized spacial score (nSPS) is 21.1. The number of morpholine rings is 1. The third kappa shape index (κ3) is 12.3. The van der Waals surface area contributed by atoms with E-state index < -0.39 is 46.9 Å². The molecule has 0 radical (unpaired) electrons. The topological polar surface area (TPSA) is 171 Å². The maximum atomic E-state index is 14.9. The summed E-state index contributed by atoms with van der Waals surface area (Å²) in [5, 5.41) is 5.64. The summed E-state index contributed by atoms with van der Waals surface area (Å²) in [6, 6.07) is 15.6. The number of pyridine rings is 1. The maximum Gasteiger partial charge on any atom is 0.324 e. The minimum absolute atomic E-state index is 0.0480. The highest BCUT2D eigenvalue weighted by Crippen LogP contribution is 2.42. The Bertz CT molecular complexity index is 2760. The second-order valence-electron chi connectivity index (χ2n) is 22.4. The Morgan fingerprint density at radius 2 is 1.73 bits per heavy atom. The van der Waals surface area contributed by atoms with E-state index in [1.54, 1.807) is 31.3 Å². The van der Waals surface area contributed by atoms with Crippen molar-refractivity contribution in [1.82, 2.24) is 44.9 Å². The van der Waals surface area contributed by atoms with Crippen molar-refractivity contribution in [2.75, 3.05) is 80.7 Å². The molecular weight excluding hydrogens is 951 g/mol. The van der Waals surface area contributed by atoms with Gasteiger partial charge in [0.2, 0.25) is 11.8 Å². The molecule has 404 valence electrons. The van der Waals surface area contributed by atoms with Crippen LogP contribution in [0.5, 0.6) is 0 Å². The first-order valence-electron chi connectivity index (χ1n) is 26.9. The van der Waals surface area contributed by atoms with Crippen LogP contribution in [0.1, 0.15) is 90.2 Å². The van der Waals surface area contributed by atoms with E-state index in [-0.39, 0.29) is 37.0 Å². The molecule has 5 amide bonds. The van der Waals surface area contributed by atoms with E-state index >= 15 is 0 Å². The lowest BCUT2D eigenvalue weighted by Gasteiger charge is -2.47. The van der Waals surface area contributed by atoms with Gasteiger partial charge < -0.3 is 43.7 Å². The van der Waals surface area contributed by atoms with E-state index in [2.05, 4.69) is 72.5 Å². The lowest BCUT2D eigenvalue weighted by molar-refractivity contribution is -0.155. The summed E-state index contributed by atoms with van der Waals surface area (Å²) in [6.45, 7) is 16.1. The number of likely N-dealkylation sites (tertiary alicyclic amines) is 1. The smallest absolute Gasteiger partial charge is 0.324 e. The summed E-state index contributed by atoms with van der Waals surface area (Å²) in [7, 11) is 7.24. The van der Waals surface area contributed by atoms with Crippen molar-refractivity contribution in [3.05, 3.63) is 89.8 Å². The van der Waals surface area contributed by atoms with E-state index in [1.165, 1.54) is 9.91 Å². The second kappa shape index (κ2) is 23.4. The number of cyclic esters (lactones) is 1. The van der Waals surface area contributed by atoms with Crippen LogP contribution >= 0.6 is 0 Å². The number of aryl methyl sites for hydroxylation is 1. The quantitative estimate of drug-likeness (QED) is 0.122. The van der Waals surface area contributed by atoms with Crippen LogP contribution < -0.4 is 10.7 Å². The number of hydrazine groups is 1. The number of hydrogen-bond acceptors (Lipinski definition) is 11. The van der Waals surface area contributed by atoms with Crippen molar-refractivity contribution in [2.45, 2.75) is 116 Å². The first-order chi connectivity index (χ1) is 35.8. The Morgan fingerprint density at radius 3 is 2.45 bits per heavy atom. The van der Waals surface area contributed by atoms with Crippen LogP contribution in [-0.2, 0) is 52.8 Å². The number of hydrogen-bond donors (Lipinski definition) is 2. The van der Waals surface area contributed by atoms with Gasteiger partial charge in [-0.05, 0) is 112 Å². The van der Waals surface area contributed by atoms with Crippen molar-refractivity contribution in [1.29, 1.82) is 0 Å². The first-order valence-corrected chi connectivity index (χ1v) is 26.9. The minimum atomic E-state index is -1.06. The molecule has 0 aliphatic carbocycles. The summed E-state index contributed by atoms with van der Waals surface area (Å²) < 4.78 is 20.7. The molecule has 6 heterocycles. The van der Waals surface area contributed by atoms with Gasteiger partial charge in [0.15, 0.2) is 0 Å². The van der Waals surface area contributed by atoms with Crippen LogP contribution in [0.15, 0.2) is 72.9 Å². The minimum Gasteiger partial charge on any atom is -0.464 e. The summed E-state index contributed by atoms with van der Waals surface area (Å²) in [6.07, 6.45) is 7.86. The predicted octanol–water partition coefficient (Wildman–Crippen LogP) is 6.63. The molecule has 0 saturated carbocycles. The Morgan fingerprint density at radius 1 is 0.973 bits per heavy atom. The van der Waals surface area contributed by atoms with Crippen molar-refractivity contribution in [3.8, 4) is 22.4 Å². The number of aromatic nitrogens is 2. The average Bonchev–Trinajstić information content (AvgIpc) is 3.72. The number of carbonyl (C=O) groups excluding carboxylic acids is 5. The summed E-state index contributed by atoms with van der Waals surface area (Å²) in [5.41, 5.74) is 9.94. The van der Waals surface area contributed by atoms with Crippen LogP contribution in [0.4, 0.5) is 4.79 Å². The van der Waals surface area contributed by atoms with E-state index in [0.29, 0.717) is 84.5 Å². The van der Waals surface area contributed by atoms with E-state index in [1.807, 2.05) is 68.9 Å².